The molecule has 1 saturated heterocycles. The molecule has 5 aromatic rings. The van der Waals surface area contributed by atoms with Crippen LogP contribution in [0.1, 0.15) is 38.2 Å². The molecule has 6 rings (SSSR count). The van der Waals surface area contributed by atoms with Crippen LogP contribution in [0.4, 0.5) is 0 Å². The molecule has 3 aromatic carbocycles. The van der Waals surface area contributed by atoms with E-state index in [9.17, 15) is 5.11 Å². The second-order valence-corrected chi connectivity index (χ2v) is 10.5. The first-order valence-corrected chi connectivity index (χ1v) is 13.6. The van der Waals surface area contributed by atoms with Crippen molar-refractivity contribution >= 4 is 38.7 Å². The monoisotopic (exact) mass is 625 g/mol. The maximum Gasteiger partial charge on any atom is 0.415 e. The van der Waals surface area contributed by atoms with Crippen molar-refractivity contribution in [3.05, 3.63) is 72.3 Å². The number of aliphatic hydroxyl groups is 1. The van der Waals surface area contributed by atoms with Gasteiger partial charge in [-0.15, -0.1) is 22.1 Å². The number of β-amino-alcohol motifs (C(OH)–C–C–N with tert-alkyl or cyclic N) is 1. The summed E-state index contributed by atoms with van der Waals surface area (Å²) >= 11 is 0. The third kappa shape index (κ3) is 7.08. The Hall–Kier alpha value is -3.44. The molecule has 3 heterocycles. The molecule has 218 valence electrons. The van der Waals surface area contributed by atoms with Gasteiger partial charge in [0.25, 0.3) is 5.89 Å². The molecule has 0 spiro atoms. The minimum Gasteiger partial charge on any atom is -0.490 e. The molecule has 9 nitrogen and oxygen atoms in total. The van der Waals surface area contributed by atoms with Crippen LogP contribution in [-0.4, -0.2) is 64.1 Å². The molecule has 0 radical (unpaired) electrons. The minimum absolute atomic E-state index is 0. The minimum atomic E-state index is -0.601. The normalized spacial score (nSPS) is 15.0. The Morgan fingerprint density at radius 3 is 2.51 bits per heavy atom. The maximum atomic E-state index is 10.8. The zero-order valence-electron chi connectivity index (χ0n) is 23.2. The molecular formula is C31H36BrN3O6. The van der Waals surface area contributed by atoms with Gasteiger partial charge in [0.15, 0.2) is 5.76 Å². The van der Waals surface area contributed by atoms with E-state index in [1.165, 1.54) is 16.3 Å². The van der Waals surface area contributed by atoms with Crippen molar-refractivity contribution in [1.82, 2.24) is 15.1 Å². The summed E-state index contributed by atoms with van der Waals surface area (Å²) in [6.45, 7) is 6.47. The predicted molar refractivity (Wildman–Crippen MR) is 163 cm³/mol. The second-order valence-electron chi connectivity index (χ2n) is 10.5. The molecule has 0 amide bonds. The summed E-state index contributed by atoms with van der Waals surface area (Å²) in [5.41, 5.74) is 2.05. The third-order valence-corrected chi connectivity index (χ3v) is 7.21. The van der Waals surface area contributed by atoms with Gasteiger partial charge in [-0.25, -0.2) is 0 Å². The van der Waals surface area contributed by atoms with Gasteiger partial charge in [-0.1, -0.05) is 53.6 Å². The number of halogens is 1. The van der Waals surface area contributed by atoms with Gasteiger partial charge in [-0.3, -0.25) is 0 Å². The standard InChI is InChI=1S/C31H33N3O5.BrH.H2O/c1-20(2)37-31-33-32-30(39-31)29-17-26-27(8-5-9-28(26)38-29)36-19-25(35)18-34-14-12-22(13-15-34)24-11-10-21-6-3-4-7-23(21)16-24;;/h3-11,16-17,20,22,25,35H,12-15,18-19H2,1-2H3;1H;1H2/t25-;;/m0../s1. The lowest BCUT2D eigenvalue weighted by molar-refractivity contribution is 0.0599. The molecular weight excluding hydrogens is 590 g/mol. The van der Waals surface area contributed by atoms with Crippen molar-refractivity contribution in [2.75, 3.05) is 26.2 Å². The van der Waals surface area contributed by atoms with Gasteiger partial charge in [0, 0.05) is 12.6 Å². The van der Waals surface area contributed by atoms with Crippen molar-refractivity contribution in [2.45, 2.75) is 44.8 Å². The van der Waals surface area contributed by atoms with Crippen LogP contribution >= 0.6 is 17.0 Å². The van der Waals surface area contributed by atoms with E-state index in [1.54, 1.807) is 6.07 Å². The van der Waals surface area contributed by atoms with Crippen LogP contribution in [0.15, 0.2) is 75.6 Å². The molecule has 1 fully saturated rings. The number of ether oxygens (including phenoxy) is 2. The fourth-order valence-electron chi connectivity index (χ4n) is 5.27. The molecule has 0 saturated carbocycles. The van der Waals surface area contributed by atoms with Crippen molar-refractivity contribution in [3.63, 3.8) is 0 Å². The SMILES string of the molecule is Br.CC(C)Oc1nnc(-c2cc3c(OC[C@@H](O)CN4CCC(c5ccc6ccccc6c5)CC4)cccc3o2)o1.O. The van der Waals surface area contributed by atoms with Gasteiger partial charge in [0.2, 0.25) is 0 Å². The van der Waals surface area contributed by atoms with Crippen LogP contribution in [-0.2, 0) is 0 Å². The smallest absolute Gasteiger partial charge is 0.415 e. The Balaban J connectivity index is 0.00000194. The number of hydrogen-bond donors (Lipinski definition) is 1. The third-order valence-electron chi connectivity index (χ3n) is 7.21. The largest absolute Gasteiger partial charge is 0.490 e. The molecule has 2 aromatic heterocycles. The highest BCUT2D eigenvalue weighted by Gasteiger charge is 2.23. The van der Waals surface area contributed by atoms with Crippen molar-refractivity contribution < 1.29 is 28.9 Å². The van der Waals surface area contributed by atoms with Crippen molar-refractivity contribution in [3.8, 4) is 23.5 Å². The van der Waals surface area contributed by atoms with Gasteiger partial charge in [0.1, 0.15) is 24.0 Å². The van der Waals surface area contributed by atoms with Crippen LogP contribution in [0, 0.1) is 0 Å². The predicted octanol–water partition coefficient (Wildman–Crippen LogP) is 5.80. The van der Waals surface area contributed by atoms with Crippen molar-refractivity contribution in [2.24, 2.45) is 0 Å². The molecule has 1 aliphatic heterocycles. The average Bonchev–Trinajstić information content (AvgIpc) is 3.59. The van der Waals surface area contributed by atoms with Crippen LogP contribution in [0.5, 0.6) is 11.8 Å². The summed E-state index contributed by atoms with van der Waals surface area (Å²) in [6.07, 6.45) is 1.60. The second kappa shape index (κ2) is 13.5. The fourth-order valence-corrected chi connectivity index (χ4v) is 5.27. The van der Waals surface area contributed by atoms with Crippen LogP contribution < -0.4 is 9.47 Å². The van der Waals surface area contributed by atoms with Crippen LogP contribution in [0.2, 0.25) is 0 Å². The molecule has 1 atom stereocenters. The number of fused-ring (bicyclic) bond motifs is 2. The highest BCUT2D eigenvalue weighted by molar-refractivity contribution is 8.93. The summed E-state index contributed by atoms with van der Waals surface area (Å²) < 4.78 is 23.0. The first-order valence-electron chi connectivity index (χ1n) is 13.6. The number of aromatic nitrogens is 2. The number of furan rings is 1. The van der Waals surface area contributed by atoms with E-state index in [4.69, 9.17) is 18.3 Å². The van der Waals surface area contributed by atoms with Gasteiger partial charge in [0.05, 0.1) is 11.5 Å². The van der Waals surface area contributed by atoms with Gasteiger partial charge >= 0.3 is 6.08 Å². The van der Waals surface area contributed by atoms with E-state index in [2.05, 4.69) is 57.6 Å². The van der Waals surface area contributed by atoms with Gasteiger partial charge in [-0.2, -0.15) is 0 Å². The first-order chi connectivity index (χ1) is 19.0. The zero-order chi connectivity index (χ0) is 26.8. The lowest BCUT2D eigenvalue weighted by Crippen LogP contribution is -2.40. The van der Waals surface area contributed by atoms with E-state index >= 15 is 0 Å². The lowest BCUT2D eigenvalue weighted by atomic mass is 9.88. The molecule has 0 unspecified atom stereocenters. The van der Waals surface area contributed by atoms with E-state index in [1.807, 2.05) is 32.0 Å². The number of piperidine rings is 1. The van der Waals surface area contributed by atoms with Crippen molar-refractivity contribution in [1.29, 1.82) is 0 Å². The van der Waals surface area contributed by atoms with Gasteiger partial charge in [-0.05, 0) is 74.2 Å². The number of nitrogens with zero attached hydrogens (tertiary/aromatic N) is 3. The summed E-state index contributed by atoms with van der Waals surface area (Å²) in [5, 5.41) is 22.0. The van der Waals surface area contributed by atoms with Crippen LogP contribution in [0.25, 0.3) is 33.4 Å². The molecule has 41 heavy (non-hydrogen) atoms. The lowest BCUT2D eigenvalue weighted by Gasteiger charge is -2.33. The quantitative estimate of drug-likeness (QED) is 0.218. The van der Waals surface area contributed by atoms with E-state index < -0.39 is 6.10 Å². The zero-order valence-corrected chi connectivity index (χ0v) is 24.9. The molecule has 3 N–H and O–H groups in total. The summed E-state index contributed by atoms with van der Waals surface area (Å²) in [4.78, 5) is 2.33. The first kappa shape index (κ1) is 30.5. The summed E-state index contributed by atoms with van der Waals surface area (Å²) in [6, 6.07) is 22.7. The number of likely N-dealkylation sites (tertiary alicyclic amines) is 1. The maximum absolute atomic E-state index is 10.8. The van der Waals surface area contributed by atoms with E-state index in [-0.39, 0.29) is 47.1 Å². The van der Waals surface area contributed by atoms with E-state index in [0.29, 0.717) is 29.6 Å². The Labute approximate surface area is 249 Å². The Kier molecular flexibility index (Phi) is 10.0. The van der Waals surface area contributed by atoms with Crippen LogP contribution in [0.3, 0.4) is 0 Å². The number of hydrogen-bond acceptors (Lipinski definition) is 8. The average molecular weight is 627 g/mol. The van der Waals surface area contributed by atoms with Gasteiger partial charge < -0.3 is 33.8 Å². The number of benzene rings is 3. The molecule has 0 aliphatic carbocycles. The Morgan fingerprint density at radius 1 is 0.951 bits per heavy atom. The number of rotatable bonds is 9. The molecule has 10 heteroatoms. The summed E-state index contributed by atoms with van der Waals surface area (Å²) in [7, 11) is 0. The van der Waals surface area contributed by atoms with E-state index in [0.717, 1.165) is 31.3 Å². The molecule has 0 bridgehead atoms. The highest BCUT2D eigenvalue weighted by atomic mass is 79.9. The Morgan fingerprint density at radius 2 is 1.73 bits per heavy atom. The summed E-state index contributed by atoms with van der Waals surface area (Å²) in [5.74, 6) is 1.86. The highest BCUT2D eigenvalue weighted by Crippen LogP contribution is 2.34. The molecule has 1 aliphatic rings. The topological polar surface area (TPSA) is 125 Å². The number of aliphatic hydroxyl groups excluding tert-OH is 1. The Bertz CT molecular complexity index is 1560. The fraction of sp³-hybridized carbons (Fsp3) is 0.355.